The van der Waals surface area contributed by atoms with Gasteiger partial charge in [0.1, 0.15) is 0 Å². The average molecular weight is 146 g/mol. The van der Waals surface area contributed by atoms with Gasteiger partial charge in [0.15, 0.2) is 6.29 Å². The van der Waals surface area contributed by atoms with Crippen molar-refractivity contribution in [2.24, 2.45) is 5.92 Å². The van der Waals surface area contributed by atoms with E-state index in [2.05, 4.69) is 0 Å². The summed E-state index contributed by atoms with van der Waals surface area (Å²) in [6.07, 6.45) is 0.127. The Morgan fingerprint density at radius 1 is 1.60 bits per heavy atom. The molecule has 3 nitrogen and oxygen atoms in total. The molecule has 0 aromatic carbocycles. The standard InChI is InChI=1S/C7H14O3/c1-5-4-10-7(9-2)3-6(5)8/h5-8H,3-4H2,1-2H3/t5-,6+,7?/m0/s1. The lowest BCUT2D eigenvalue weighted by Crippen LogP contribution is -2.36. The van der Waals surface area contributed by atoms with Crippen molar-refractivity contribution in [3.63, 3.8) is 0 Å². The van der Waals surface area contributed by atoms with Gasteiger partial charge in [-0.25, -0.2) is 0 Å². The van der Waals surface area contributed by atoms with E-state index in [9.17, 15) is 5.11 Å². The van der Waals surface area contributed by atoms with E-state index in [4.69, 9.17) is 9.47 Å². The molecule has 0 saturated carbocycles. The molecule has 0 radical (unpaired) electrons. The molecule has 1 fully saturated rings. The summed E-state index contributed by atoms with van der Waals surface area (Å²) in [6.45, 7) is 2.57. The second-order valence-electron chi connectivity index (χ2n) is 2.78. The molecule has 0 aromatic rings. The van der Waals surface area contributed by atoms with E-state index >= 15 is 0 Å². The molecular formula is C7H14O3. The molecule has 1 N–H and O–H groups in total. The first kappa shape index (κ1) is 7.98. The molecular weight excluding hydrogens is 132 g/mol. The van der Waals surface area contributed by atoms with Crippen molar-refractivity contribution in [2.75, 3.05) is 13.7 Å². The summed E-state index contributed by atoms with van der Waals surface area (Å²) in [4.78, 5) is 0. The zero-order valence-corrected chi connectivity index (χ0v) is 6.41. The number of ether oxygens (including phenoxy) is 2. The number of methoxy groups -OCH3 is 1. The van der Waals surface area contributed by atoms with Crippen LogP contribution in [0.5, 0.6) is 0 Å². The topological polar surface area (TPSA) is 38.7 Å². The fraction of sp³-hybridized carbons (Fsp3) is 1.00. The van der Waals surface area contributed by atoms with Crippen LogP contribution in [0.25, 0.3) is 0 Å². The Labute approximate surface area is 60.9 Å². The first-order valence-electron chi connectivity index (χ1n) is 3.56. The van der Waals surface area contributed by atoms with Crippen LogP contribution in [0.4, 0.5) is 0 Å². The van der Waals surface area contributed by atoms with Crippen LogP contribution in [0.3, 0.4) is 0 Å². The third-order valence-corrected chi connectivity index (χ3v) is 1.90. The number of hydrogen-bond acceptors (Lipinski definition) is 3. The predicted octanol–water partition coefficient (Wildman–Crippen LogP) is 0.376. The summed E-state index contributed by atoms with van der Waals surface area (Å²) in [5.74, 6) is 0.242. The van der Waals surface area contributed by atoms with Crippen molar-refractivity contribution >= 4 is 0 Å². The van der Waals surface area contributed by atoms with E-state index in [0.29, 0.717) is 13.0 Å². The van der Waals surface area contributed by atoms with Crippen LogP contribution < -0.4 is 0 Å². The third kappa shape index (κ3) is 1.68. The van der Waals surface area contributed by atoms with E-state index in [-0.39, 0.29) is 18.3 Å². The predicted molar refractivity (Wildman–Crippen MR) is 36.5 cm³/mol. The highest BCUT2D eigenvalue weighted by atomic mass is 16.7. The highest BCUT2D eigenvalue weighted by Crippen LogP contribution is 2.18. The van der Waals surface area contributed by atoms with Gasteiger partial charge >= 0.3 is 0 Å². The van der Waals surface area contributed by atoms with Gasteiger partial charge in [-0.05, 0) is 0 Å². The molecule has 10 heavy (non-hydrogen) atoms. The van der Waals surface area contributed by atoms with Crippen LogP contribution in [0.2, 0.25) is 0 Å². The largest absolute Gasteiger partial charge is 0.393 e. The highest BCUT2D eigenvalue weighted by Gasteiger charge is 2.26. The summed E-state index contributed by atoms with van der Waals surface area (Å²) in [5, 5.41) is 9.32. The van der Waals surface area contributed by atoms with Crippen molar-refractivity contribution in [3.8, 4) is 0 Å². The molecule has 0 aliphatic carbocycles. The minimum absolute atomic E-state index is 0.203. The minimum Gasteiger partial charge on any atom is -0.393 e. The molecule has 0 spiro atoms. The van der Waals surface area contributed by atoms with Crippen LogP contribution in [0.1, 0.15) is 13.3 Å². The first-order valence-corrected chi connectivity index (χ1v) is 3.56. The normalized spacial score (nSPS) is 41.7. The summed E-state index contributed by atoms with van der Waals surface area (Å²) < 4.78 is 10.2. The minimum atomic E-state index is -0.265. The van der Waals surface area contributed by atoms with Crippen LogP contribution >= 0.6 is 0 Å². The lowest BCUT2D eigenvalue weighted by atomic mass is 10.0. The zero-order chi connectivity index (χ0) is 7.56. The van der Waals surface area contributed by atoms with Gasteiger partial charge < -0.3 is 14.6 Å². The maximum absolute atomic E-state index is 9.32. The van der Waals surface area contributed by atoms with Gasteiger partial charge in [-0.1, -0.05) is 6.92 Å². The van der Waals surface area contributed by atoms with Gasteiger partial charge in [-0.15, -0.1) is 0 Å². The van der Waals surface area contributed by atoms with Crippen molar-refractivity contribution in [1.29, 1.82) is 0 Å². The highest BCUT2D eigenvalue weighted by molar-refractivity contribution is 4.70. The van der Waals surface area contributed by atoms with E-state index in [1.165, 1.54) is 0 Å². The molecule has 0 bridgehead atoms. The fourth-order valence-corrected chi connectivity index (χ4v) is 1.03. The third-order valence-electron chi connectivity index (χ3n) is 1.90. The summed E-state index contributed by atoms with van der Waals surface area (Å²) in [6, 6.07) is 0. The number of hydrogen-bond donors (Lipinski definition) is 1. The van der Waals surface area contributed by atoms with Crippen LogP contribution in [0.15, 0.2) is 0 Å². The average Bonchev–Trinajstić information content (AvgIpc) is 1.95. The Balaban J connectivity index is 2.33. The summed E-state index contributed by atoms with van der Waals surface area (Å²) in [5.41, 5.74) is 0. The molecule has 3 heteroatoms. The molecule has 1 saturated heterocycles. The van der Waals surface area contributed by atoms with Crippen LogP contribution in [-0.2, 0) is 9.47 Å². The van der Waals surface area contributed by atoms with Crippen LogP contribution in [0, 0.1) is 5.92 Å². The lowest BCUT2D eigenvalue weighted by Gasteiger charge is -2.30. The molecule has 1 aliphatic heterocycles. The van der Waals surface area contributed by atoms with Gasteiger partial charge in [0.2, 0.25) is 0 Å². The molecule has 1 rings (SSSR count). The zero-order valence-electron chi connectivity index (χ0n) is 6.41. The Hall–Kier alpha value is -0.120. The molecule has 1 aliphatic rings. The van der Waals surface area contributed by atoms with E-state index in [1.807, 2.05) is 6.92 Å². The maximum Gasteiger partial charge on any atom is 0.159 e. The van der Waals surface area contributed by atoms with Crippen molar-refractivity contribution in [2.45, 2.75) is 25.7 Å². The molecule has 1 heterocycles. The quantitative estimate of drug-likeness (QED) is 0.581. The van der Waals surface area contributed by atoms with Gasteiger partial charge in [0.05, 0.1) is 12.7 Å². The number of rotatable bonds is 1. The van der Waals surface area contributed by atoms with Crippen molar-refractivity contribution in [3.05, 3.63) is 0 Å². The molecule has 1 unspecified atom stereocenters. The molecule has 0 amide bonds. The second-order valence-corrected chi connectivity index (χ2v) is 2.78. The SMILES string of the molecule is COC1C[C@@H](O)[C@@H](C)CO1. The van der Waals surface area contributed by atoms with E-state index in [0.717, 1.165) is 0 Å². The van der Waals surface area contributed by atoms with Gasteiger partial charge in [0, 0.05) is 19.4 Å². The lowest BCUT2D eigenvalue weighted by molar-refractivity contribution is -0.187. The smallest absolute Gasteiger partial charge is 0.159 e. The molecule has 60 valence electrons. The summed E-state index contributed by atoms with van der Waals surface area (Å²) >= 11 is 0. The first-order chi connectivity index (χ1) is 4.74. The number of aliphatic hydroxyl groups excluding tert-OH is 1. The second kappa shape index (κ2) is 3.32. The van der Waals surface area contributed by atoms with Gasteiger partial charge in [-0.2, -0.15) is 0 Å². The van der Waals surface area contributed by atoms with E-state index < -0.39 is 0 Å². The number of aliphatic hydroxyl groups is 1. The van der Waals surface area contributed by atoms with Crippen molar-refractivity contribution < 1.29 is 14.6 Å². The monoisotopic (exact) mass is 146 g/mol. The van der Waals surface area contributed by atoms with Crippen LogP contribution in [-0.4, -0.2) is 31.2 Å². The Morgan fingerprint density at radius 2 is 2.30 bits per heavy atom. The Bertz CT molecular complexity index is 105. The van der Waals surface area contributed by atoms with Gasteiger partial charge in [0.25, 0.3) is 0 Å². The Kier molecular flexibility index (Phi) is 2.65. The van der Waals surface area contributed by atoms with E-state index in [1.54, 1.807) is 7.11 Å². The summed E-state index contributed by atoms with van der Waals surface area (Å²) in [7, 11) is 1.59. The van der Waals surface area contributed by atoms with Gasteiger partial charge in [-0.3, -0.25) is 0 Å². The molecule has 3 atom stereocenters. The van der Waals surface area contributed by atoms with Crippen molar-refractivity contribution in [1.82, 2.24) is 0 Å². The Morgan fingerprint density at radius 3 is 2.80 bits per heavy atom. The molecule has 0 aromatic heterocycles. The fourth-order valence-electron chi connectivity index (χ4n) is 1.03. The maximum atomic E-state index is 9.32.